The summed E-state index contributed by atoms with van der Waals surface area (Å²) in [4.78, 5) is 24.6. The Morgan fingerprint density at radius 1 is 1.07 bits per heavy atom. The summed E-state index contributed by atoms with van der Waals surface area (Å²) in [5, 5.41) is 1.60. The van der Waals surface area contributed by atoms with E-state index in [0.717, 1.165) is 25.7 Å². The van der Waals surface area contributed by atoms with Gasteiger partial charge in [-0.1, -0.05) is 55.3 Å². The third-order valence-corrected chi connectivity index (χ3v) is 8.19. The van der Waals surface area contributed by atoms with E-state index < -0.39 is 6.10 Å². The highest BCUT2D eigenvalue weighted by molar-refractivity contribution is 5.75. The highest BCUT2D eigenvalue weighted by Gasteiger charge is 2.67. The van der Waals surface area contributed by atoms with Gasteiger partial charge in [0.1, 0.15) is 0 Å². The maximum atomic E-state index is 12.3. The molecule has 164 valence electrons. The van der Waals surface area contributed by atoms with Gasteiger partial charge in [-0.3, -0.25) is 4.84 Å². The second-order valence-corrected chi connectivity index (χ2v) is 9.63. The minimum atomic E-state index is -0.595. The van der Waals surface area contributed by atoms with Gasteiger partial charge in [-0.25, -0.2) is 9.63 Å². The first kappa shape index (κ1) is 20.4. The molecule has 1 aromatic rings. The van der Waals surface area contributed by atoms with Gasteiger partial charge in [-0.15, -0.1) is 0 Å². The molecule has 0 bridgehead atoms. The summed E-state index contributed by atoms with van der Waals surface area (Å²) in [5.41, 5.74) is 1.03. The molecule has 2 aliphatic carbocycles. The summed E-state index contributed by atoms with van der Waals surface area (Å²) in [7, 11) is 1.42. The van der Waals surface area contributed by atoms with E-state index in [-0.39, 0.29) is 35.7 Å². The van der Waals surface area contributed by atoms with E-state index in [9.17, 15) is 4.79 Å². The van der Waals surface area contributed by atoms with Gasteiger partial charge in [0.05, 0.1) is 18.8 Å². The Labute approximate surface area is 178 Å². The van der Waals surface area contributed by atoms with Crippen molar-refractivity contribution in [3.63, 3.8) is 0 Å². The number of nitrogens with zero attached hydrogens (tertiary/aromatic N) is 1. The maximum Gasteiger partial charge on any atom is 0.337 e. The number of methoxy groups -OCH3 is 1. The average molecular weight is 416 g/mol. The van der Waals surface area contributed by atoms with Crippen molar-refractivity contribution >= 4 is 5.97 Å². The van der Waals surface area contributed by atoms with E-state index in [0.29, 0.717) is 11.8 Å². The number of carbonyl (C=O) groups excluding carboxylic acids is 1. The van der Waals surface area contributed by atoms with E-state index in [1.54, 1.807) is 5.23 Å². The molecule has 2 aliphatic heterocycles. The van der Waals surface area contributed by atoms with Crippen LogP contribution in [0, 0.1) is 17.8 Å². The molecule has 5 rings (SSSR count). The fraction of sp³-hybridized carbons (Fsp3) is 0.708. The van der Waals surface area contributed by atoms with Gasteiger partial charge in [-0.2, -0.15) is 0 Å². The molecular formula is C24H33NO5. The molecule has 0 amide bonds. The zero-order valence-corrected chi connectivity index (χ0v) is 18.2. The molecule has 1 aromatic carbocycles. The predicted octanol–water partition coefficient (Wildman–Crippen LogP) is 4.21. The molecule has 0 spiro atoms. The van der Waals surface area contributed by atoms with E-state index in [4.69, 9.17) is 19.1 Å². The SMILES string of the molecule is COC(=O)[C@@H]1ON2O[C@H](O[C@@H]3CCCC[C@H]3c3ccccc3)[C@@H](C)[C@H]3CC[C@@H]1[C@]32C. The number of hydroxylamine groups is 2. The van der Waals surface area contributed by atoms with Crippen molar-refractivity contribution in [3.8, 4) is 0 Å². The van der Waals surface area contributed by atoms with Gasteiger partial charge in [-0.05, 0) is 44.1 Å². The number of benzene rings is 1. The number of hydrogen-bond acceptors (Lipinski definition) is 6. The first-order valence-corrected chi connectivity index (χ1v) is 11.5. The summed E-state index contributed by atoms with van der Waals surface area (Å²) in [6, 6.07) is 10.7. The van der Waals surface area contributed by atoms with Crippen LogP contribution >= 0.6 is 0 Å². The van der Waals surface area contributed by atoms with Crippen LogP contribution in [-0.2, 0) is 23.9 Å². The van der Waals surface area contributed by atoms with Gasteiger partial charge >= 0.3 is 5.97 Å². The normalized spacial score (nSPS) is 43.4. The van der Waals surface area contributed by atoms with E-state index in [1.165, 1.54) is 25.5 Å². The molecule has 2 heterocycles. The van der Waals surface area contributed by atoms with E-state index >= 15 is 0 Å². The molecule has 0 radical (unpaired) electrons. The molecule has 0 unspecified atom stereocenters. The monoisotopic (exact) mass is 415 g/mol. The van der Waals surface area contributed by atoms with Crippen molar-refractivity contribution in [2.75, 3.05) is 7.11 Å². The Bertz CT molecular complexity index is 772. The van der Waals surface area contributed by atoms with Crippen molar-refractivity contribution < 1.29 is 23.9 Å². The van der Waals surface area contributed by atoms with Gasteiger partial charge in [0.25, 0.3) is 0 Å². The molecule has 4 aliphatic rings. The Morgan fingerprint density at radius 2 is 1.80 bits per heavy atom. The fourth-order valence-electron chi connectivity index (χ4n) is 6.54. The zero-order valence-electron chi connectivity index (χ0n) is 18.2. The van der Waals surface area contributed by atoms with Crippen LogP contribution in [-0.4, -0.2) is 42.3 Å². The molecule has 6 nitrogen and oxygen atoms in total. The molecule has 0 N–H and O–H groups in total. The van der Waals surface area contributed by atoms with E-state index in [2.05, 4.69) is 44.2 Å². The Balaban J connectivity index is 1.36. The third kappa shape index (κ3) is 3.11. The lowest BCUT2D eigenvalue weighted by atomic mass is 9.74. The number of rotatable bonds is 4. The van der Waals surface area contributed by atoms with Crippen molar-refractivity contribution in [1.29, 1.82) is 0 Å². The average Bonchev–Trinajstić information content (AvgIpc) is 3.27. The van der Waals surface area contributed by atoms with Crippen LogP contribution in [0.4, 0.5) is 0 Å². The van der Waals surface area contributed by atoms with Crippen LogP contribution in [0.2, 0.25) is 0 Å². The quantitative estimate of drug-likeness (QED) is 0.687. The molecule has 8 atom stereocenters. The van der Waals surface area contributed by atoms with Gasteiger partial charge in [0, 0.05) is 17.8 Å². The smallest absolute Gasteiger partial charge is 0.337 e. The Kier molecular flexibility index (Phi) is 5.38. The van der Waals surface area contributed by atoms with Crippen LogP contribution in [0.15, 0.2) is 30.3 Å². The lowest BCUT2D eigenvalue weighted by molar-refractivity contribution is -0.473. The summed E-state index contributed by atoms with van der Waals surface area (Å²) in [6.07, 6.45) is 5.76. The van der Waals surface area contributed by atoms with Crippen molar-refractivity contribution in [1.82, 2.24) is 5.23 Å². The minimum Gasteiger partial charge on any atom is -0.467 e. The fourth-order valence-corrected chi connectivity index (χ4v) is 6.54. The topological polar surface area (TPSA) is 57.2 Å². The second kappa shape index (κ2) is 7.90. The highest BCUT2D eigenvalue weighted by atomic mass is 17.0. The lowest BCUT2D eigenvalue weighted by Gasteiger charge is -2.49. The van der Waals surface area contributed by atoms with Gasteiger partial charge in [0.15, 0.2) is 12.4 Å². The summed E-state index contributed by atoms with van der Waals surface area (Å²) in [5.74, 6) is 0.749. The third-order valence-electron chi connectivity index (χ3n) is 8.19. The van der Waals surface area contributed by atoms with Crippen molar-refractivity contribution in [2.45, 2.75) is 82.3 Å². The van der Waals surface area contributed by atoms with Gasteiger partial charge in [0.2, 0.25) is 0 Å². The first-order valence-electron chi connectivity index (χ1n) is 11.5. The van der Waals surface area contributed by atoms with Crippen molar-refractivity contribution in [3.05, 3.63) is 35.9 Å². The number of hydrogen-bond donors (Lipinski definition) is 0. The molecule has 2 saturated carbocycles. The summed E-state index contributed by atoms with van der Waals surface area (Å²) >= 11 is 0. The van der Waals surface area contributed by atoms with Crippen molar-refractivity contribution in [2.24, 2.45) is 17.8 Å². The first-order chi connectivity index (χ1) is 14.5. The van der Waals surface area contributed by atoms with Gasteiger partial charge < -0.3 is 9.47 Å². The Morgan fingerprint density at radius 3 is 2.57 bits per heavy atom. The molecule has 2 saturated heterocycles. The number of ether oxygens (including phenoxy) is 2. The van der Waals surface area contributed by atoms with Crippen LogP contribution < -0.4 is 0 Å². The summed E-state index contributed by atoms with van der Waals surface area (Å²) < 4.78 is 11.7. The molecule has 30 heavy (non-hydrogen) atoms. The largest absolute Gasteiger partial charge is 0.467 e. The van der Waals surface area contributed by atoms with Crippen LogP contribution in [0.3, 0.4) is 0 Å². The minimum absolute atomic E-state index is 0.0881. The van der Waals surface area contributed by atoms with Crippen LogP contribution in [0.25, 0.3) is 0 Å². The number of carbonyl (C=O) groups is 1. The number of esters is 1. The lowest BCUT2D eigenvalue weighted by Crippen LogP contribution is -2.58. The van der Waals surface area contributed by atoms with Crippen LogP contribution in [0.5, 0.6) is 0 Å². The standard InChI is InChI=1S/C24H33NO5/c1-15-18-13-14-19-21(22(26)27-3)29-25(24(18,19)2)30-23(15)28-20-12-8-7-11-17(20)16-9-5-4-6-10-16/h4-6,9-10,15,17-21,23H,7-8,11-14H2,1-3H3/t15-,17-,18+,19-,20+,21+,23-,24-/m0/s1. The zero-order chi connectivity index (χ0) is 20.9. The molecular weight excluding hydrogens is 382 g/mol. The molecule has 0 aromatic heterocycles. The molecule has 6 heteroatoms. The predicted molar refractivity (Wildman–Crippen MR) is 110 cm³/mol. The maximum absolute atomic E-state index is 12.3. The highest BCUT2D eigenvalue weighted by Crippen LogP contribution is 2.58. The summed E-state index contributed by atoms with van der Waals surface area (Å²) in [6.45, 7) is 4.39. The second-order valence-electron chi connectivity index (χ2n) is 9.63. The van der Waals surface area contributed by atoms with Crippen LogP contribution in [0.1, 0.15) is 63.9 Å². The molecule has 4 fully saturated rings. The van der Waals surface area contributed by atoms with E-state index in [1.807, 2.05) is 0 Å². The Hall–Kier alpha value is -1.47.